The minimum atomic E-state index is -1.57. The lowest BCUT2D eigenvalue weighted by Crippen LogP contribution is -2.86. The second-order valence-electron chi connectivity index (χ2n) is 4.08. The van der Waals surface area contributed by atoms with E-state index in [0.717, 1.165) is 26.3 Å². The molecule has 0 radical (unpaired) electrons. The molecular formula is C13H16Cl5NO4. The summed E-state index contributed by atoms with van der Waals surface area (Å²) >= 11 is 28.0. The number of nitrogens with two attached hydrogens (primary N) is 1. The number of carboxylic acid groups (broad SMARTS) is 1. The van der Waals surface area contributed by atoms with Crippen LogP contribution in [0.25, 0.3) is 0 Å². The summed E-state index contributed by atoms with van der Waals surface area (Å²) in [5.74, 6) is -1.57. The minimum Gasteiger partial charge on any atom is -0.545 e. The molecule has 0 unspecified atom stereocenters. The number of quaternary nitrogens is 1. The molecule has 0 spiro atoms. The Labute approximate surface area is 159 Å². The second kappa shape index (κ2) is 12.4. The molecule has 5 nitrogen and oxygen atoms in total. The maximum absolute atomic E-state index is 10.6. The number of hydrogen-bond acceptors (Lipinski definition) is 4. The fraction of sp³-hybridized carbons (Fsp3) is 0.462. The van der Waals surface area contributed by atoms with Crippen molar-refractivity contribution in [2.75, 3.05) is 40.5 Å². The zero-order chi connectivity index (χ0) is 18.0. The van der Waals surface area contributed by atoms with E-state index in [1.165, 1.54) is 0 Å². The molecule has 0 saturated carbocycles. The van der Waals surface area contributed by atoms with E-state index in [1.54, 1.807) is 14.2 Å². The Morgan fingerprint density at radius 3 is 1.52 bits per heavy atom. The van der Waals surface area contributed by atoms with Crippen molar-refractivity contribution in [3.05, 3.63) is 30.7 Å². The molecule has 2 N–H and O–H groups in total. The number of carbonyl (C=O) groups is 1. The summed E-state index contributed by atoms with van der Waals surface area (Å²) < 4.78 is 9.70. The summed E-state index contributed by atoms with van der Waals surface area (Å²) in [5, 5.41) is 11.8. The highest BCUT2D eigenvalue weighted by Crippen LogP contribution is 2.43. The standard InChI is InChI=1S/C7HCl5O2.C6H15NO2/c8-2-1(7(13)14)3(9)5(11)6(12)4(2)10;1-8-5-3-7-4-6-9-2/h(H,13,14);7H,3-6H2,1-2H3. The van der Waals surface area contributed by atoms with Gasteiger partial charge in [-0.1, -0.05) is 58.0 Å². The number of carboxylic acids is 1. The predicted octanol–water partition coefficient (Wildman–Crippen LogP) is 2.16. The Balaban J connectivity index is 0.000000468. The summed E-state index contributed by atoms with van der Waals surface area (Å²) in [6.45, 7) is 3.70. The van der Waals surface area contributed by atoms with Crippen molar-refractivity contribution < 1.29 is 24.7 Å². The van der Waals surface area contributed by atoms with Gasteiger partial charge in [-0.3, -0.25) is 0 Å². The van der Waals surface area contributed by atoms with Crippen molar-refractivity contribution >= 4 is 64.0 Å². The molecule has 0 saturated heterocycles. The van der Waals surface area contributed by atoms with Crippen LogP contribution in [-0.4, -0.2) is 46.5 Å². The molecule has 1 aromatic carbocycles. The van der Waals surface area contributed by atoms with Crippen molar-refractivity contribution in [2.24, 2.45) is 0 Å². The van der Waals surface area contributed by atoms with Gasteiger partial charge in [0.25, 0.3) is 0 Å². The quantitative estimate of drug-likeness (QED) is 0.411. The fourth-order valence-corrected chi connectivity index (χ4v) is 2.62. The van der Waals surface area contributed by atoms with Crippen LogP contribution >= 0.6 is 58.0 Å². The topological polar surface area (TPSA) is 75.2 Å². The largest absolute Gasteiger partial charge is 0.545 e. The van der Waals surface area contributed by atoms with Gasteiger partial charge in [-0.2, -0.15) is 0 Å². The van der Waals surface area contributed by atoms with E-state index in [2.05, 4.69) is 5.32 Å². The van der Waals surface area contributed by atoms with Crippen molar-refractivity contribution in [1.29, 1.82) is 0 Å². The van der Waals surface area contributed by atoms with Crippen LogP contribution in [0.4, 0.5) is 0 Å². The van der Waals surface area contributed by atoms with Crippen molar-refractivity contribution in [3.63, 3.8) is 0 Å². The first-order chi connectivity index (χ1) is 10.8. The number of hydrogen-bond donors (Lipinski definition) is 1. The summed E-state index contributed by atoms with van der Waals surface area (Å²) in [7, 11) is 3.42. The van der Waals surface area contributed by atoms with Crippen LogP contribution in [0.15, 0.2) is 0 Å². The van der Waals surface area contributed by atoms with Crippen molar-refractivity contribution in [1.82, 2.24) is 0 Å². The highest BCUT2D eigenvalue weighted by Gasteiger charge is 2.19. The van der Waals surface area contributed by atoms with E-state index in [-0.39, 0.29) is 25.1 Å². The molecule has 0 aliphatic rings. The zero-order valence-electron chi connectivity index (χ0n) is 12.4. The molecule has 23 heavy (non-hydrogen) atoms. The van der Waals surface area contributed by atoms with Crippen LogP contribution in [0.1, 0.15) is 10.4 Å². The molecule has 0 aliphatic carbocycles. The Bertz CT molecular complexity index is 493. The number of halogens is 5. The molecule has 0 fully saturated rings. The van der Waals surface area contributed by atoms with Gasteiger partial charge in [-0.25, -0.2) is 0 Å². The highest BCUT2D eigenvalue weighted by atomic mass is 35.5. The SMILES string of the molecule is COCC[NH2+]CCOC.O=C([O-])c1c(Cl)c(Cl)c(Cl)c(Cl)c1Cl. The Kier molecular flexibility index (Phi) is 12.4. The van der Waals surface area contributed by atoms with Gasteiger partial charge in [-0.15, -0.1) is 0 Å². The number of methoxy groups -OCH3 is 2. The first-order valence-electron chi connectivity index (χ1n) is 6.31. The molecule has 1 rings (SSSR count). The van der Waals surface area contributed by atoms with Gasteiger partial charge in [0.15, 0.2) is 0 Å². The number of benzene rings is 1. The predicted molar refractivity (Wildman–Crippen MR) is 91.2 cm³/mol. The summed E-state index contributed by atoms with van der Waals surface area (Å²) in [6, 6.07) is 0. The molecule has 0 aliphatic heterocycles. The molecular weight excluding hydrogens is 411 g/mol. The molecule has 0 atom stereocenters. The third-order valence-electron chi connectivity index (χ3n) is 2.47. The smallest absolute Gasteiger partial charge is 0.0993 e. The minimum absolute atomic E-state index is 0.0895. The first-order valence-corrected chi connectivity index (χ1v) is 8.20. The fourth-order valence-electron chi connectivity index (χ4n) is 1.33. The van der Waals surface area contributed by atoms with Crippen LogP contribution in [-0.2, 0) is 9.47 Å². The Hall–Kier alpha value is 0.0200. The number of ether oxygens (including phenoxy) is 2. The monoisotopic (exact) mass is 425 g/mol. The van der Waals surface area contributed by atoms with Crippen molar-refractivity contribution in [2.45, 2.75) is 0 Å². The van der Waals surface area contributed by atoms with E-state index < -0.39 is 11.5 Å². The molecule has 0 heterocycles. The first kappa shape index (κ1) is 23.0. The maximum atomic E-state index is 10.6. The lowest BCUT2D eigenvalue weighted by Gasteiger charge is -2.12. The Morgan fingerprint density at radius 1 is 0.870 bits per heavy atom. The normalized spacial score (nSPS) is 10.2. The molecule has 0 amide bonds. The van der Waals surface area contributed by atoms with Crippen LogP contribution < -0.4 is 10.4 Å². The van der Waals surface area contributed by atoms with Gasteiger partial charge in [0.1, 0.15) is 0 Å². The van der Waals surface area contributed by atoms with Gasteiger partial charge in [0.2, 0.25) is 0 Å². The zero-order valence-corrected chi connectivity index (χ0v) is 16.2. The van der Waals surface area contributed by atoms with E-state index in [4.69, 9.17) is 67.5 Å². The molecule has 10 heteroatoms. The third kappa shape index (κ3) is 7.63. The highest BCUT2D eigenvalue weighted by molar-refractivity contribution is 6.56. The van der Waals surface area contributed by atoms with Gasteiger partial charge in [0, 0.05) is 19.8 Å². The van der Waals surface area contributed by atoms with Crippen LogP contribution in [0.2, 0.25) is 25.1 Å². The van der Waals surface area contributed by atoms with Gasteiger partial charge in [-0.05, 0) is 0 Å². The maximum Gasteiger partial charge on any atom is 0.0993 e. The van der Waals surface area contributed by atoms with E-state index in [0.29, 0.717) is 0 Å². The van der Waals surface area contributed by atoms with Crippen LogP contribution in [0.3, 0.4) is 0 Å². The molecule has 0 bridgehead atoms. The number of aromatic carboxylic acids is 1. The van der Waals surface area contributed by atoms with Gasteiger partial charge < -0.3 is 24.7 Å². The number of rotatable bonds is 7. The van der Waals surface area contributed by atoms with Crippen LogP contribution in [0, 0.1) is 0 Å². The summed E-state index contributed by atoms with van der Waals surface area (Å²) in [4.78, 5) is 10.6. The lowest BCUT2D eigenvalue weighted by molar-refractivity contribution is -0.657. The van der Waals surface area contributed by atoms with E-state index in [1.807, 2.05) is 0 Å². The van der Waals surface area contributed by atoms with Crippen LogP contribution in [0.5, 0.6) is 0 Å². The average Bonchev–Trinajstić information content (AvgIpc) is 2.51. The van der Waals surface area contributed by atoms with Gasteiger partial charge in [0.05, 0.1) is 57.4 Å². The molecule has 132 valence electrons. The van der Waals surface area contributed by atoms with E-state index in [9.17, 15) is 9.90 Å². The number of carbonyl (C=O) groups excluding carboxylic acids is 1. The Morgan fingerprint density at radius 2 is 1.22 bits per heavy atom. The average molecular weight is 428 g/mol. The van der Waals surface area contributed by atoms with E-state index >= 15 is 0 Å². The van der Waals surface area contributed by atoms with Gasteiger partial charge >= 0.3 is 0 Å². The third-order valence-corrected chi connectivity index (χ3v) is 4.74. The molecule has 1 aromatic rings. The summed E-state index contributed by atoms with van der Waals surface area (Å²) in [5.41, 5.74) is -0.465. The molecule has 0 aromatic heterocycles. The summed E-state index contributed by atoms with van der Waals surface area (Å²) in [6.07, 6.45) is 0. The van der Waals surface area contributed by atoms with Crippen molar-refractivity contribution in [3.8, 4) is 0 Å². The second-order valence-corrected chi connectivity index (χ2v) is 5.97. The lowest BCUT2D eigenvalue weighted by atomic mass is 10.2.